The van der Waals surface area contributed by atoms with Crippen LogP contribution >= 0.6 is 0 Å². The molecule has 0 fully saturated rings. The first-order chi connectivity index (χ1) is 8.69. The van der Waals surface area contributed by atoms with E-state index in [0.717, 1.165) is 23.8 Å². The average Bonchev–Trinajstić information content (AvgIpc) is 2.36. The van der Waals surface area contributed by atoms with Crippen molar-refractivity contribution >= 4 is 11.8 Å². The lowest BCUT2D eigenvalue weighted by Crippen LogP contribution is -2.24. The third kappa shape index (κ3) is 2.94. The Hall–Kier alpha value is -2.17. The van der Waals surface area contributed by atoms with Gasteiger partial charge in [0.05, 0.1) is 12.2 Å². The van der Waals surface area contributed by atoms with Crippen molar-refractivity contribution in [3.05, 3.63) is 41.9 Å². The van der Waals surface area contributed by atoms with Crippen LogP contribution in [0.25, 0.3) is 0 Å². The molecule has 0 aliphatic heterocycles. The molecule has 2 heterocycles. The van der Waals surface area contributed by atoms with Gasteiger partial charge in [0.2, 0.25) is 5.95 Å². The summed E-state index contributed by atoms with van der Waals surface area (Å²) < 4.78 is 0. The van der Waals surface area contributed by atoms with E-state index in [2.05, 4.69) is 26.8 Å². The van der Waals surface area contributed by atoms with Gasteiger partial charge in [0.25, 0.3) is 0 Å². The number of hydrogen-bond donors (Lipinski definition) is 1. The fraction of sp³-hybridized carbons (Fsp3) is 0.308. The molecule has 0 amide bonds. The zero-order valence-corrected chi connectivity index (χ0v) is 10.7. The van der Waals surface area contributed by atoms with E-state index < -0.39 is 0 Å². The van der Waals surface area contributed by atoms with Crippen molar-refractivity contribution in [3.8, 4) is 0 Å². The van der Waals surface area contributed by atoms with Gasteiger partial charge in [0, 0.05) is 18.4 Å². The van der Waals surface area contributed by atoms with Gasteiger partial charge in [-0.15, -0.1) is 0 Å². The molecule has 0 aliphatic carbocycles. The number of aromatic nitrogens is 3. The van der Waals surface area contributed by atoms with Crippen LogP contribution in [-0.4, -0.2) is 21.5 Å². The molecule has 0 aliphatic rings. The highest BCUT2D eigenvalue weighted by Crippen LogP contribution is 2.13. The van der Waals surface area contributed by atoms with E-state index in [0.29, 0.717) is 12.5 Å². The van der Waals surface area contributed by atoms with Crippen LogP contribution in [0, 0.1) is 6.92 Å². The Morgan fingerprint density at radius 2 is 2.06 bits per heavy atom. The third-order valence-electron chi connectivity index (χ3n) is 2.66. The summed E-state index contributed by atoms with van der Waals surface area (Å²) in [5.41, 5.74) is 7.65. The molecule has 2 aromatic rings. The highest BCUT2D eigenvalue weighted by Gasteiger charge is 2.08. The van der Waals surface area contributed by atoms with E-state index in [9.17, 15) is 0 Å². The van der Waals surface area contributed by atoms with Gasteiger partial charge in [-0.2, -0.15) is 4.98 Å². The smallest absolute Gasteiger partial charge is 0.221 e. The van der Waals surface area contributed by atoms with E-state index in [1.807, 2.05) is 31.2 Å². The zero-order valence-electron chi connectivity index (χ0n) is 10.7. The summed E-state index contributed by atoms with van der Waals surface area (Å²) in [5, 5.41) is 0. The highest BCUT2D eigenvalue weighted by molar-refractivity contribution is 5.41. The van der Waals surface area contributed by atoms with Gasteiger partial charge < -0.3 is 10.6 Å². The van der Waals surface area contributed by atoms with Gasteiger partial charge in [-0.3, -0.25) is 4.98 Å². The van der Waals surface area contributed by atoms with Crippen LogP contribution in [0.3, 0.4) is 0 Å². The van der Waals surface area contributed by atoms with Crippen LogP contribution in [0.4, 0.5) is 11.8 Å². The molecule has 5 nitrogen and oxygen atoms in total. The average molecular weight is 243 g/mol. The summed E-state index contributed by atoms with van der Waals surface area (Å²) in [6.45, 7) is 5.62. The zero-order chi connectivity index (χ0) is 13.0. The van der Waals surface area contributed by atoms with Crippen LogP contribution in [-0.2, 0) is 6.54 Å². The highest BCUT2D eigenvalue weighted by atomic mass is 15.2. The van der Waals surface area contributed by atoms with Crippen molar-refractivity contribution in [3.63, 3.8) is 0 Å². The van der Waals surface area contributed by atoms with Crippen molar-refractivity contribution in [2.75, 3.05) is 17.2 Å². The minimum atomic E-state index is 0.295. The second-order valence-corrected chi connectivity index (χ2v) is 4.06. The Kier molecular flexibility index (Phi) is 3.72. The number of nitrogens with two attached hydrogens (primary N) is 1. The molecule has 2 rings (SSSR count). The molecule has 0 atom stereocenters. The SMILES string of the molecule is CCN(Cc1cccc(C)n1)c1ccnc(N)n1. The Bertz CT molecular complexity index is 526. The van der Waals surface area contributed by atoms with Crippen LogP contribution in [0.1, 0.15) is 18.3 Å². The number of hydrogen-bond acceptors (Lipinski definition) is 5. The molecule has 0 saturated carbocycles. The van der Waals surface area contributed by atoms with Crippen molar-refractivity contribution in [1.82, 2.24) is 15.0 Å². The van der Waals surface area contributed by atoms with E-state index in [1.165, 1.54) is 0 Å². The minimum Gasteiger partial charge on any atom is -0.368 e. The number of nitrogens with zero attached hydrogens (tertiary/aromatic N) is 4. The van der Waals surface area contributed by atoms with Crippen LogP contribution in [0.15, 0.2) is 30.5 Å². The predicted octanol–water partition coefficient (Wildman–Crippen LogP) is 1.79. The van der Waals surface area contributed by atoms with Crippen molar-refractivity contribution in [2.45, 2.75) is 20.4 Å². The number of aryl methyl sites for hydroxylation is 1. The minimum absolute atomic E-state index is 0.295. The van der Waals surface area contributed by atoms with Crippen LogP contribution in [0.5, 0.6) is 0 Å². The summed E-state index contributed by atoms with van der Waals surface area (Å²) in [7, 11) is 0. The van der Waals surface area contributed by atoms with E-state index in [-0.39, 0.29) is 0 Å². The maximum atomic E-state index is 5.60. The Morgan fingerprint density at radius 3 is 2.72 bits per heavy atom. The van der Waals surface area contributed by atoms with Crippen LogP contribution in [0.2, 0.25) is 0 Å². The Labute approximate surface area is 107 Å². The van der Waals surface area contributed by atoms with Gasteiger partial charge >= 0.3 is 0 Å². The van der Waals surface area contributed by atoms with Gasteiger partial charge in [0.1, 0.15) is 5.82 Å². The fourth-order valence-electron chi connectivity index (χ4n) is 1.78. The number of pyridine rings is 1. The summed E-state index contributed by atoms with van der Waals surface area (Å²) in [6, 6.07) is 7.87. The lowest BCUT2D eigenvalue weighted by molar-refractivity contribution is 0.789. The number of rotatable bonds is 4. The standard InChI is InChI=1S/C13H17N5/c1-3-18(12-7-8-15-13(14)17-12)9-11-6-4-5-10(2)16-11/h4-8H,3,9H2,1-2H3,(H2,14,15,17). The lowest BCUT2D eigenvalue weighted by atomic mass is 10.3. The molecule has 5 heteroatoms. The fourth-order valence-corrected chi connectivity index (χ4v) is 1.78. The molecule has 0 saturated heterocycles. The first kappa shape index (κ1) is 12.3. The molecule has 2 N–H and O–H groups in total. The molecule has 18 heavy (non-hydrogen) atoms. The first-order valence-electron chi connectivity index (χ1n) is 5.95. The molecule has 0 aromatic carbocycles. The third-order valence-corrected chi connectivity index (χ3v) is 2.66. The number of nitrogen functional groups attached to an aromatic ring is 1. The normalized spacial score (nSPS) is 10.3. The molecule has 0 bridgehead atoms. The molecule has 94 valence electrons. The topological polar surface area (TPSA) is 67.9 Å². The molecule has 0 radical (unpaired) electrons. The summed E-state index contributed by atoms with van der Waals surface area (Å²) in [5.74, 6) is 1.12. The monoisotopic (exact) mass is 243 g/mol. The largest absolute Gasteiger partial charge is 0.368 e. The van der Waals surface area contributed by atoms with Crippen LogP contribution < -0.4 is 10.6 Å². The molecule has 0 unspecified atom stereocenters. The second-order valence-electron chi connectivity index (χ2n) is 4.06. The quantitative estimate of drug-likeness (QED) is 0.886. The van der Waals surface area contributed by atoms with E-state index in [4.69, 9.17) is 5.73 Å². The summed E-state index contributed by atoms with van der Waals surface area (Å²) >= 11 is 0. The van der Waals surface area contributed by atoms with Gasteiger partial charge in [-0.05, 0) is 32.0 Å². The Morgan fingerprint density at radius 1 is 1.22 bits per heavy atom. The molecule has 2 aromatic heterocycles. The van der Waals surface area contributed by atoms with E-state index in [1.54, 1.807) is 6.20 Å². The van der Waals surface area contributed by atoms with Gasteiger partial charge in [0.15, 0.2) is 0 Å². The summed E-state index contributed by atoms with van der Waals surface area (Å²) in [4.78, 5) is 14.7. The first-order valence-corrected chi connectivity index (χ1v) is 5.95. The molecular formula is C13H17N5. The molecule has 0 spiro atoms. The maximum Gasteiger partial charge on any atom is 0.221 e. The second kappa shape index (κ2) is 5.44. The van der Waals surface area contributed by atoms with Gasteiger partial charge in [-0.1, -0.05) is 6.07 Å². The molecular weight excluding hydrogens is 226 g/mol. The summed E-state index contributed by atoms with van der Waals surface area (Å²) in [6.07, 6.45) is 1.67. The predicted molar refractivity (Wildman–Crippen MR) is 72.1 cm³/mol. The Balaban J connectivity index is 2.19. The maximum absolute atomic E-state index is 5.60. The van der Waals surface area contributed by atoms with E-state index >= 15 is 0 Å². The van der Waals surface area contributed by atoms with Gasteiger partial charge in [-0.25, -0.2) is 4.98 Å². The number of anilines is 2. The van der Waals surface area contributed by atoms with Crippen molar-refractivity contribution in [1.29, 1.82) is 0 Å². The lowest BCUT2D eigenvalue weighted by Gasteiger charge is -2.21. The van der Waals surface area contributed by atoms with Crippen molar-refractivity contribution < 1.29 is 0 Å². The van der Waals surface area contributed by atoms with Crippen molar-refractivity contribution in [2.24, 2.45) is 0 Å².